The predicted molar refractivity (Wildman–Crippen MR) is 83.9 cm³/mol. The Morgan fingerprint density at radius 2 is 2.17 bits per heavy atom. The number of aromatic nitrogens is 5. The lowest BCUT2D eigenvalue weighted by atomic mass is 10.4. The van der Waals surface area contributed by atoms with Gasteiger partial charge in [0.2, 0.25) is 5.82 Å². The van der Waals surface area contributed by atoms with Crippen LogP contribution < -0.4 is 5.56 Å². The van der Waals surface area contributed by atoms with Crippen molar-refractivity contribution in [3.63, 3.8) is 0 Å². The van der Waals surface area contributed by atoms with Gasteiger partial charge in [-0.1, -0.05) is 5.16 Å². The molecule has 3 aromatic heterocycles. The van der Waals surface area contributed by atoms with Gasteiger partial charge in [-0.25, -0.2) is 4.98 Å². The highest BCUT2D eigenvalue weighted by molar-refractivity contribution is 7.92. The van der Waals surface area contributed by atoms with Crippen molar-refractivity contribution in [2.75, 3.05) is 20.0 Å². The third kappa shape index (κ3) is 3.00. The number of thiazole rings is 1. The van der Waals surface area contributed by atoms with E-state index >= 15 is 0 Å². The van der Waals surface area contributed by atoms with Gasteiger partial charge in [-0.2, -0.15) is 9.97 Å². The number of methoxy groups -OCH3 is 1. The Bertz CT molecular complexity index is 901. The lowest BCUT2D eigenvalue weighted by molar-refractivity contribution is 0.186. The normalized spacial score (nSPS) is 12.9. The molecule has 0 spiro atoms. The summed E-state index contributed by atoms with van der Waals surface area (Å²) in [6, 6.07) is 0. The van der Waals surface area contributed by atoms with Gasteiger partial charge in [0.05, 0.1) is 13.2 Å². The first-order chi connectivity index (χ1) is 11.0. The summed E-state index contributed by atoms with van der Waals surface area (Å²) >= 11 is -0.175. The van der Waals surface area contributed by atoms with Crippen LogP contribution in [0.4, 0.5) is 0 Å². The highest BCUT2D eigenvalue weighted by atomic mass is 32.2. The van der Waals surface area contributed by atoms with Crippen LogP contribution in [-0.4, -0.2) is 49.2 Å². The highest BCUT2D eigenvalue weighted by Crippen LogP contribution is 2.24. The van der Waals surface area contributed by atoms with E-state index in [1.54, 1.807) is 6.92 Å². The van der Waals surface area contributed by atoms with Crippen molar-refractivity contribution >= 4 is 32.9 Å². The van der Waals surface area contributed by atoms with E-state index in [-0.39, 0.29) is 29.3 Å². The first kappa shape index (κ1) is 16.1. The minimum absolute atomic E-state index is 0.144. The maximum atomic E-state index is 12.7. The Labute approximate surface area is 137 Å². The molecule has 0 saturated carbocycles. The SMILES string of the molecule is COCCn1c(-c2nc(C)no2)nc2sc([S+](C)[O-])nc2c1=O. The molecular weight excluding hydrogens is 342 g/mol. The fraction of sp³-hybridized carbons (Fsp3) is 0.417. The molecular formula is C12H13N5O4S2. The van der Waals surface area contributed by atoms with Gasteiger partial charge in [0, 0.05) is 18.3 Å². The standard InChI is InChI=1S/C12H13N5O4S2/c1-6-13-9(21-16-6)8-15-10-7(14-12(22-10)23(3)19)11(18)17(8)4-5-20-2/h4-5H2,1-3H3. The molecule has 122 valence electrons. The van der Waals surface area contributed by atoms with E-state index in [4.69, 9.17) is 9.26 Å². The van der Waals surface area contributed by atoms with Crippen LogP contribution in [0.3, 0.4) is 0 Å². The van der Waals surface area contributed by atoms with Crippen molar-refractivity contribution < 1.29 is 13.8 Å². The second-order valence-electron chi connectivity index (χ2n) is 4.62. The van der Waals surface area contributed by atoms with Gasteiger partial charge in [0.25, 0.3) is 11.4 Å². The summed E-state index contributed by atoms with van der Waals surface area (Å²) in [5, 5.41) is 3.72. The molecule has 0 bridgehead atoms. The summed E-state index contributed by atoms with van der Waals surface area (Å²) in [7, 11) is 1.54. The largest absolute Gasteiger partial charge is 0.610 e. The Kier molecular flexibility index (Phi) is 4.43. The summed E-state index contributed by atoms with van der Waals surface area (Å²) in [4.78, 5) is 25.7. The van der Waals surface area contributed by atoms with Gasteiger partial charge >= 0.3 is 4.34 Å². The van der Waals surface area contributed by atoms with E-state index in [0.29, 0.717) is 21.6 Å². The van der Waals surface area contributed by atoms with Gasteiger partial charge in [-0.05, 0) is 18.3 Å². The molecule has 0 N–H and O–H groups in total. The molecule has 1 atom stereocenters. The third-order valence-electron chi connectivity index (χ3n) is 2.98. The number of nitrogens with zero attached hydrogens (tertiary/aromatic N) is 5. The first-order valence-electron chi connectivity index (χ1n) is 6.55. The number of rotatable bonds is 5. The molecule has 0 radical (unpaired) electrons. The van der Waals surface area contributed by atoms with Crippen LogP contribution in [0.2, 0.25) is 0 Å². The quantitative estimate of drug-likeness (QED) is 0.610. The predicted octanol–water partition coefficient (Wildman–Crippen LogP) is 0.595. The monoisotopic (exact) mass is 355 g/mol. The minimum atomic E-state index is -1.29. The molecule has 3 rings (SSSR count). The van der Waals surface area contributed by atoms with Gasteiger partial charge in [-0.3, -0.25) is 9.36 Å². The molecule has 9 nitrogen and oxygen atoms in total. The summed E-state index contributed by atoms with van der Waals surface area (Å²) < 4.78 is 23.5. The number of ether oxygens (including phenoxy) is 1. The molecule has 0 fully saturated rings. The Hall–Kier alpha value is -1.82. The van der Waals surface area contributed by atoms with Gasteiger partial charge in [0.1, 0.15) is 6.26 Å². The molecule has 1 unspecified atom stereocenters. The molecule has 0 saturated heterocycles. The van der Waals surface area contributed by atoms with Crippen LogP contribution in [0.15, 0.2) is 13.7 Å². The molecule has 0 aliphatic heterocycles. The Morgan fingerprint density at radius 3 is 2.78 bits per heavy atom. The average Bonchev–Trinajstić information content (AvgIpc) is 3.12. The van der Waals surface area contributed by atoms with Crippen LogP contribution >= 0.6 is 11.3 Å². The third-order valence-corrected chi connectivity index (χ3v) is 5.27. The maximum absolute atomic E-state index is 12.7. The van der Waals surface area contributed by atoms with Crippen molar-refractivity contribution in [2.24, 2.45) is 0 Å². The molecule has 3 aromatic rings. The van der Waals surface area contributed by atoms with Crippen LogP contribution in [0.1, 0.15) is 5.82 Å². The van der Waals surface area contributed by atoms with Crippen LogP contribution in [0, 0.1) is 6.92 Å². The molecule has 11 heteroatoms. The summed E-state index contributed by atoms with van der Waals surface area (Å²) in [5.74, 6) is 0.828. The zero-order valence-corrected chi connectivity index (χ0v) is 14.2. The zero-order valence-electron chi connectivity index (χ0n) is 12.6. The number of fused-ring (bicyclic) bond motifs is 1. The first-order valence-corrected chi connectivity index (χ1v) is 8.93. The van der Waals surface area contributed by atoms with E-state index in [1.165, 1.54) is 17.9 Å². The lowest BCUT2D eigenvalue weighted by Gasteiger charge is -2.08. The van der Waals surface area contributed by atoms with Gasteiger partial charge in [-0.15, -0.1) is 0 Å². The minimum Gasteiger partial charge on any atom is -0.610 e. The van der Waals surface area contributed by atoms with Gasteiger partial charge < -0.3 is 13.8 Å². The second-order valence-corrected chi connectivity index (χ2v) is 7.15. The molecule has 0 aromatic carbocycles. The highest BCUT2D eigenvalue weighted by Gasteiger charge is 2.22. The fourth-order valence-corrected chi connectivity index (χ4v) is 3.54. The van der Waals surface area contributed by atoms with Crippen LogP contribution in [-0.2, 0) is 22.5 Å². The molecule has 23 heavy (non-hydrogen) atoms. The van der Waals surface area contributed by atoms with E-state index in [9.17, 15) is 9.35 Å². The average molecular weight is 355 g/mol. The number of hydrogen-bond donors (Lipinski definition) is 0. The Morgan fingerprint density at radius 1 is 1.39 bits per heavy atom. The summed E-state index contributed by atoms with van der Waals surface area (Å²) in [6.45, 7) is 2.25. The van der Waals surface area contributed by atoms with E-state index in [2.05, 4.69) is 20.1 Å². The summed E-state index contributed by atoms with van der Waals surface area (Å²) in [6.07, 6.45) is 1.50. The fourth-order valence-electron chi connectivity index (χ4n) is 1.95. The van der Waals surface area contributed by atoms with Crippen LogP contribution in [0.5, 0.6) is 0 Å². The van der Waals surface area contributed by atoms with Crippen molar-refractivity contribution in [3.05, 3.63) is 16.2 Å². The van der Waals surface area contributed by atoms with Crippen molar-refractivity contribution in [2.45, 2.75) is 17.8 Å². The van der Waals surface area contributed by atoms with Gasteiger partial charge in [0.15, 0.2) is 16.2 Å². The van der Waals surface area contributed by atoms with E-state index < -0.39 is 11.2 Å². The van der Waals surface area contributed by atoms with E-state index in [0.717, 1.165) is 11.3 Å². The topological polar surface area (TPSA) is 119 Å². The maximum Gasteiger partial charge on any atom is 0.304 e. The van der Waals surface area contributed by atoms with Crippen molar-refractivity contribution in [1.82, 2.24) is 24.7 Å². The molecule has 0 aliphatic rings. The smallest absolute Gasteiger partial charge is 0.304 e. The Balaban J connectivity index is 2.25. The van der Waals surface area contributed by atoms with Crippen molar-refractivity contribution in [1.29, 1.82) is 0 Å². The molecule has 0 amide bonds. The van der Waals surface area contributed by atoms with Crippen molar-refractivity contribution in [3.8, 4) is 11.7 Å². The second kappa shape index (κ2) is 6.35. The number of aryl methyl sites for hydroxylation is 1. The zero-order chi connectivity index (χ0) is 16.6. The van der Waals surface area contributed by atoms with E-state index in [1.807, 2.05) is 0 Å². The summed E-state index contributed by atoms with van der Waals surface area (Å²) in [5.41, 5.74) is -0.179. The van der Waals surface area contributed by atoms with Crippen LogP contribution in [0.25, 0.3) is 22.1 Å². The number of hydrogen-bond acceptors (Lipinski definition) is 9. The lowest BCUT2D eigenvalue weighted by Crippen LogP contribution is -2.25. The molecule has 0 aliphatic carbocycles. The molecule has 3 heterocycles.